The molecule has 4 aliphatic carbocycles. The first-order valence-corrected chi connectivity index (χ1v) is 12.8. The maximum absolute atomic E-state index is 13.6. The average Bonchev–Trinajstić information content (AvgIpc) is 3.09. The van der Waals surface area contributed by atoms with E-state index in [1.807, 2.05) is 13.0 Å². The van der Waals surface area contributed by atoms with Crippen molar-refractivity contribution >= 4 is 29.5 Å². The van der Waals surface area contributed by atoms with Crippen LogP contribution in [0.15, 0.2) is 11.6 Å². The fourth-order valence-corrected chi connectivity index (χ4v) is 8.02. The normalized spacial score (nSPS) is 36.8. The van der Waals surface area contributed by atoms with Crippen molar-refractivity contribution in [3.8, 4) is 0 Å². The Kier molecular flexibility index (Phi) is 8.63. The second-order valence-electron chi connectivity index (χ2n) is 11.3. The zero-order valence-electron chi connectivity index (χ0n) is 21.9. The fourth-order valence-electron chi connectivity index (χ4n) is 8.02. The number of esters is 2. The minimum atomic E-state index is -1.37. The molecule has 3 fully saturated rings. The Balaban J connectivity index is 0.00000361. The number of hydrogen-bond donors (Lipinski definition) is 0. The molecule has 8 nitrogen and oxygen atoms in total. The molecule has 0 bridgehead atoms. The van der Waals surface area contributed by atoms with Crippen LogP contribution in [-0.2, 0) is 33.4 Å². The second kappa shape index (κ2) is 10.7. The van der Waals surface area contributed by atoms with Crippen molar-refractivity contribution in [3.05, 3.63) is 11.6 Å². The molecule has 0 heterocycles. The van der Waals surface area contributed by atoms with E-state index in [4.69, 9.17) is 9.47 Å². The Morgan fingerprint density at radius 1 is 1.00 bits per heavy atom. The number of fused-ring (bicyclic) bond motifs is 5. The number of aliphatic carboxylic acids is 1. The predicted molar refractivity (Wildman–Crippen MR) is 121 cm³/mol. The van der Waals surface area contributed by atoms with E-state index in [0.717, 1.165) is 32.1 Å². The van der Waals surface area contributed by atoms with Gasteiger partial charge in [-0.1, -0.05) is 19.4 Å². The predicted octanol–water partition coefficient (Wildman–Crippen LogP) is -0.533. The summed E-state index contributed by atoms with van der Waals surface area (Å²) >= 11 is 0. The Morgan fingerprint density at radius 3 is 2.36 bits per heavy atom. The molecule has 0 amide bonds. The van der Waals surface area contributed by atoms with Crippen molar-refractivity contribution in [1.29, 1.82) is 0 Å². The summed E-state index contributed by atoms with van der Waals surface area (Å²) in [5.74, 6) is -1.98. The van der Waals surface area contributed by atoms with Gasteiger partial charge in [0.2, 0.25) is 5.78 Å². The summed E-state index contributed by atoms with van der Waals surface area (Å²) in [6.45, 7) is 5.07. The standard InChI is InChI=1S/C27H36O8.Na/c1-16(28)35-27(22(30)15-34-24(33)7-6-23(31)32)13-10-21-19-5-4-17-14-18(29)8-11-25(17,2)20(19)9-12-26(21,27)3;/h14,19-21H,4-13,15H2,1-3H3,(H,31,32);/q;+1/p-1/t19-,20+,21+,25+,26+,27+;/m1./s1. The van der Waals surface area contributed by atoms with Gasteiger partial charge in [-0.25, -0.2) is 0 Å². The van der Waals surface area contributed by atoms with Gasteiger partial charge in [0, 0.05) is 24.7 Å². The molecule has 0 aromatic rings. The van der Waals surface area contributed by atoms with Crippen LogP contribution in [0.5, 0.6) is 0 Å². The van der Waals surface area contributed by atoms with Gasteiger partial charge in [-0.2, -0.15) is 0 Å². The Morgan fingerprint density at radius 2 is 1.69 bits per heavy atom. The van der Waals surface area contributed by atoms with E-state index >= 15 is 0 Å². The smallest absolute Gasteiger partial charge is 0.550 e. The molecule has 0 unspecified atom stereocenters. The molecular weight excluding hydrogens is 475 g/mol. The molecule has 6 atom stereocenters. The Labute approximate surface area is 234 Å². The minimum Gasteiger partial charge on any atom is -0.550 e. The first kappa shape index (κ1) is 29.1. The Hall–Kier alpha value is -1.51. The third kappa shape index (κ3) is 4.85. The number of allylic oxidation sites excluding steroid dienone is 1. The number of carboxylic acid groups (broad SMARTS) is 1. The molecule has 192 valence electrons. The number of carbonyl (C=O) groups excluding carboxylic acids is 5. The number of Topliss-reactive ketones (excluding diaryl/α,β-unsaturated/α-hetero) is 1. The van der Waals surface area contributed by atoms with E-state index < -0.39 is 47.7 Å². The van der Waals surface area contributed by atoms with Gasteiger partial charge < -0.3 is 19.4 Å². The summed E-state index contributed by atoms with van der Waals surface area (Å²) in [5.41, 5.74) is -0.704. The van der Waals surface area contributed by atoms with E-state index in [9.17, 15) is 29.1 Å². The van der Waals surface area contributed by atoms with Crippen LogP contribution in [0.3, 0.4) is 0 Å². The van der Waals surface area contributed by atoms with Gasteiger partial charge in [0.05, 0.1) is 6.42 Å². The first-order chi connectivity index (χ1) is 16.4. The molecule has 9 heteroatoms. The van der Waals surface area contributed by atoms with Crippen molar-refractivity contribution in [2.45, 2.75) is 90.6 Å². The van der Waals surface area contributed by atoms with Gasteiger partial charge in [-0.05, 0) is 80.6 Å². The van der Waals surface area contributed by atoms with E-state index in [2.05, 4.69) is 6.92 Å². The van der Waals surface area contributed by atoms with Gasteiger partial charge >= 0.3 is 41.5 Å². The molecule has 0 aromatic carbocycles. The molecule has 0 aromatic heterocycles. The van der Waals surface area contributed by atoms with Gasteiger partial charge in [0.1, 0.15) is 0 Å². The van der Waals surface area contributed by atoms with E-state index in [1.54, 1.807) is 0 Å². The first-order valence-electron chi connectivity index (χ1n) is 12.8. The molecule has 0 radical (unpaired) electrons. The molecule has 0 N–H and O–H groups in total. The maximum Gasteiger partial charge on any atom is 1.00 e. The van der Waals surface area contributed by atoms with Crippen LogP contribution in [0.25, 0.3) is 0 Å². The van der Waals surface area contributed by atoms with Crippen LogP contribution in [0.1, 0.15) is 85.0 Å². The van der Waals surface area contributed by atoms with Crippen LogP contribution in [0.2, 0.25) is 0 Å². The number of ether oxygens (including phenoxy) is 2. The molecule has 0 saturated heterocycles. The van der Waals surface area contributed by atoms with Crippen LogP contribution < -0.4 is 34.7 Å². The van der Waals surface area contributed by atoms with Gasteiger partial charge in [0.15, 0.2) is 18.0 Å². The molecule has 4 aliphatic rings. The summed E-state index contributed by atoms with van der Waals surface area (Å²) in [5, 5.41) is 10.6. The number of carbonyl (C=O) groups is 5. The van der Waals surface area contributed by atoms with E-state index in [1.165, 1.54) is 12.5 Å². The molecule has 3 saturated carbocycles. The van der Waals surface area contributed by atoms with Crippen LogP contribution in [0.4, 0.5) is 0 Å². The monoisotopic (exact) mass is 510 g/mol. The average molecular weight is 511 g/mol. The molecule has 0 aliphatic heterocycles. The van der Waals surface area contributed by atoms with Gasteiger partial charge in [-0.3, -0.25) is 19.2 Å². The van der Waals surface area contributed by atoms with Crippen LogP contribution >= 0.6 is 0 Å². The quantitative estimate of drug-likeness (QED) is 0.330. The van der Waals surface area contributed by atoms with Crippen molar-refractivity contribution in [2.75, 3.05) is 6.61 Å². The number of rotatable bonds is 7. The van der Waals surface area contributed by atoms with Crippen LogP contribution in [0, 0.1) is 28.6 Å². The second-order valence-corrected chi connectivity index (χ2v) is 11.3. The zero-order valence-corrected chi connectivity index (χ0v) is 23.9. The van der Waals surface area contributed by atoms with E-state index in [0.29, 0.717) is 31.1 Å². The van der Waals surface area contributed by atoms with Gasteiger partial charge in [-0.15, -0.1) is 0 Å². The molecular formula is C27H35NaO8. The number of ketones is 2. The SMILES string of the molecule is CC(=O)O[C@]1(C(=O)COC(=O)CCC(=O)[O-])CC[C@H]2[C@@H]3CCC4=CC(=O)CC[C@]4(C)[C@H]3CC[C@@]21C.[Na+]. The summed E-state index contributed by atoms with van der Waals surface area (Å²) in [6, 6.07) is 0. The van der Waals surface area contributed by atoms with Gasteiger partial charge in [0.25, 0.3) is 0 Å². The molecule has 36 heavy (non-hydrogen) atoms. The van der Waals surface area contributed by atoms with Crippen molar-refractivity contribution < 1.29 is 68.1 Å². The zero-order chi connectivity index (χ0) is 25.6. The number of hydrogen-bond acceptors (Lipinski definition) is 8. The summed E-state index contributed by atoms with van der Waals surface area (Å²) in [6.07, 6.45) is 6.96. The molecule has 4 rings (SSSR count). The van der Waals surface area contributed by atoms with Crippen molar-refractivity contribution in [1.82, 2.24) is 0 Å². The summed E-state index contributed by atoms with van der Waals surface area (Å²) < 4.78 is 10.9. The molecule has 0 spiro atoms. The fraction of sp³-hybridized carbons (Fsp3) is 0.741. The topological polar surface area (TPSA) is 127 Å². The van der Waals surface area contributed by atoms with Crippen molar-refractivity contribution in [2.24, 2.45) is 28.6 Å². The number of carboxylic acids is 1. The summed E-state index contributed by atoms with van der Waals surface area (Å²) in [7, 11) is 0. The third-order valence-corrected chi connectivity index (χ3v) is 9.75. The summed E-state index contributed by atoms with van der Waals surface area (Å²) in [4.78, 5) is 60.4. The minimum absolute atomic E-state index is 0. The largest absolute Gasteiger partial charge is 1.00 e. The third-order valence-electron chi connectivity index (χ3n) is 9.75. The Bertz CT molecular complexity index is 988. The maximum atomic E-state index is 13.6. The van der Waals surface area contributed by atoms with Crippen molar-refractivity contribution in [3.63, 3.8) is 0 Å². The van der Waals surface area contributed by atoms with E-state index in [-0.39, 0.29) is 53.1 Å². The van der Waals surface area contributed by atoms with Crippen LogP contribution in [-0.4, -0.2) is 41.7 Å².